The summed E-state index contributed by atoms with van der Waals surface area (Å²) in [5.74, 6) is 0.857. The monoisotopic (exact) mass is 361 g/mol. The summed E-state index contributed by atoms with van der Waals surface area (Å²) in [7, 11) is 0. The zero-order valence-corrected chi connectivity index (χ0v) is 15.5. The van der Waals surface area contributed by atoms with Crippen LogP contribution >= 0.6 is 0 Å². The Labute approximate surface area is 156 Å². The van der Waals surface area contributed by atoms with Gasteiger partial charge in [-0.2, -0.15) is 0 Å². The molecule has 2 aliphatic rings. The first-order chi connectivity index (χ1) is 12.7. The molecule has 0 aromatic heterocycles. The first kappa shape index (κ1) is 19.1. The lowest BCUT2D eigenvalue weighted by molar-refractivity contribution is -0.121. The smallest absolute Gasteiger partial charge is 0.224 e. The second-order valence-electron chi connectivity index (χ2n) is 7.18. The van der Waals surface area contributed by atoms with Crippen molar-refractivity contribution in [3.8, 4) is 5.75 Å². The minimum absolute atomic E-state index is 0.0884. The summed E-state index contributed by atoms with van der Waals surface area (Å²) in [6, 6.07) is 8.64. The Hall–Kier alpha value is -1.63. The number of hydrogen-bond acceptors (Lipinski definition) is 5. The fourth-order valence-corrected chi connectivity index (χ4v) is 3.85. The number of carbonyl (C=O) groups is 1. The van der Waals surface area contributed by atoms with Gasteiger partial charge in [0, 0.05) is 44.9 Å². The Morgan fingerprint density at radius 2 is 2.00 bits per heavy atom. The molecule has 2 heterocycles. The number of carbonyl (C=O) groups excluding carboxylic acids is 1. The van der Waals surface area contributed by atoms with Crippen LogP contribution in [0.15, 0.2) is 24.3 Å². The van der Waals surface area contributed by atoms with Crippen LogP contribution < -0.4 is 15.8 Å². The van der Waals surface area contributed by atoms with Crippen LogP contribution in [0, 0.1) is 0 Å². The van der Waals surface area contributed by atoms with Gasteiger partial charge in [-0.05, 0) is 43.4 Å². The molecule has 0 aliphatic carbocycles. The van der Waals surface area contributed by atoms with Crippen molar-refractivity contribution in [2.75, 3.05) is 39.5 Å². The van der Waals surface area contributed by atoms with Gasteiger partial charge in [0.2, 0.25) is 5.91 Å². The maximum Gasteiger partial charge on any atom is 0.224 e. The van der Waals surface area contributed by atoms with Crippen LogP contribution in [0.2, 0.25) is 0 Å². The average Bonchev–Trinajstić information content (AvgIpc) is 2.68. The van der Waals surface area contributed by atoms with Crippen LogP contribution in [0.1, 0.15) is 31.2 Å². The van der Waals surface area contributed by atoms with E-state index in [0.29, 0.717) is 25.6 Å². The first-order valence-corrected chi connectivity index (χ1v) is 9.77. The van der Waals surface area contributed by atoms with E-state index in [1.165, 1.54) is 0 Å². The summed E-state index contributed by atoms with van der Waals surface area (Å²) in [5.41, 5.74) is 6.43. The summed E-state index contributed by atoms with van der Waals surface area (Å²) in [6.45, 7) is 4.87. The molecule has 0 saturated carbocycles. The number of benzene rings is 1. The Morgan fingerprint density at radius 3 is 2.73 bits per heavy atom. The minimum atomic E-state index is 0.0884. The lowest BCUT2D eigenvalue weighted by Crippen LogP contribution is -2.49. The second kappa shape index (κ2) is 9.90. The molecule has 1 aromatic carbocycles. The first-order valence-electron chi connectivity index (χ1n) is 9.77. The molecular formula is C20H31N3O3. The zero-order chi connectivity index (χ0) is 18.2. The number of nitrogens with zero attached hydrogens (tertiary/aromatic N) is 1. The highest BCUT2D eigenvalue weighted by molar-refractivity contribution is 5.79. The highest BCUT2D eigenvalue weighted by atomic mass is 16.5. The molecule has 0 atom stereocenters. The molecule has 2 aliphatic heterocycles. The quantitative estimate of drug-likeness (QED) is 0.766. The van der Waals surface area contributed by atoms with Gasteiger partial charge in [0.1, 0.15) is 12.4 Å². The Bertz CT molecular complexity index is 567. The van der Waals surface area contributed by atoms with Crippen molar-refractivity contribution in [1.82, 2.24) is 10.2 Å². The number of ether oxygens (including phenoxy) is 2. The summed E-state index contributed by atoms with van der Waals surface area (Å²) in [6.07, 6.45) is 4.73. The molecule has 2 fully saturated rings. The van der Waals surface area contributed by atoms with Crippen molar-refractivity contribution >= 4 is 5.91 Å². The van der Waals surface area contributed by atoms with Gasteiger partial charge in [-0.25, -0.2) is 0 Å². The predicted octanol–water partition coefficient (Wildman–Crippen LogP) is 1.33. The van der Waals surface area contributed by atoms with E-state index < -0.39 is 0 Å². The van der Waals surface area contributed by atoms with E-state index in [1.54, 1.807) is 0 Å². The highest BCUT2D eigenvalue weighted by Crippen LogP contribution is 2.20. The summed E-state index contributed by atoms with van der Waals surface area (Å²) in [5, 5.41) is 3.20. The number of piperidine rings is 1. The third kappa shape index (κ3) is 5.69. The van der Waals surface area contributed by atoms with E-state index in [-0.39, 0.29) is 11.9 Å². The summed E-state index contributed by atoms with van der Waals surface area (Å²) >= 11 is 0. The van der Waals surface area contributed by atoms with E-state index in [0.717, 1.165) is 63.3 Å². The van der Waals surface area contributed by atoms with Crippen LogP contribution in [0.3, 0.4) is 0 Å². The van der Waals surface area contributed by atoms with Crippen molar-refractivity contribution < 1.29 is 14.3 Å². The van der Waals surface area contributed by atoms with Crippen molar-refractivity contribution in [2.45, 2.75) is 44.2 Å². The number of nitrogens with two attached hydrogens (primary N) is 1. The van der Waals surface area contributed by atoms with Crippen molar-refractivity contribution in [3.63, 3.8) is 0 Å². The topological polar surface area (TPSA) is 76.8 Å². The number of amides is 1. The average molecular weight is 361 g/mol. The molecule has 3 rings (SSSR count). The van der Waals surface area contributed by atoms with Gasteiger partial charge in [-0.3, -0.25) is 4.79 Å². The van der Waals surface area contributed by atoms with Crippen LogP contribution in [0.5, 0.6) is 5.75 Å². The molecule has 3 N–H and O–H groups in total. The lowest BCUT2D eigenvalue weighted by Gasteiger charge is -2.39. The van der Waals surface area contributed by atoms with Crippen LogP contribution in [-0.4, -0.2) is 62.3 Å². The third-order valence-corrected chi connectivity index (χ3v) is 5.25. The molecule has 0 bridgehead atoms. The molecule has 144 valence electrons. The number of rotatable bonds is 7. The molecule has 1 aromatic rings. The van der Waals surface area contributed by atoms with Gasteiger partial charge in [-0.1, -0.05) is 12.1 Å². The third-order valence-electron chi connectivity index (χ3n) is 5.25. The maximum atomic E-state index is 12.4. The molecule has 26 heavy (non-hydrogen) atoms. The maximum absolute atomic E-state index is 12.4. The Balaban J connectivity index is 1.41. The number of likely N-dealkylation sites (tertiary alicyclic amines) is 1. The predicted molar refractivity (Wildman–Crippen MR) is 101 cm³/mol. The molecule has 6 heteroatoms. The van der Waals surface area contributed by atoms with Crippen molar-refractivity contribution in [1.29, 1.82) is 0 Å². The Morgan fingerprint density at radius 1 is 1.23 bits per heavy atom. The van der Waals surface area contributed by atoms with Gasteiger partial charge in [0.15, 0.2) is 0 Å². The van der Waals surface area contributed by atoms with E-state index in [1.807, 2.05) is 24.3 Å². The SMILES string of the molecule is NCCOc1cccc(CC(=O)NC2CCN(C3CCOCC3)CC2)c1. The molecule has 2 saturated heterocycles. The van der Waals surface area contributed by atoms with Crippen LogP contribution in [0.4, 0.5) is 0 Å². The molecule has 1 amide bonds. The van der Waals surface area contributed by atoms with Crippen LogP contribution in [-0.2, 0) is 16.0 Å². The fourth-order valence-electron chi connectivity index (χ4n) is 3.85. The second-order valence-corrected chi connectivity index (χ2v) is 7.18. The molecule has 0 unspecified atom stereocenters. The van der Waals surface area contributed by atoms with Gasteiger partial charge in [-0.15, -0.1) is 0 Å². The van der Waals surface area contributed by atoms with Gasteiger partial charge < -0.3 is 25.4 Å². The highest BCUT2D eigenvalue weighted by Gasteiger charge is 2.27. The van der Waals surface area contributed by atoms with Gasteiger partial charge in [0.25, 0.3) is 0 Å². The minimum Gasteiger partial charge on any atom is -0.492 e. The summed E-state index contributed by atoms with van der Waals surface area (Å²) in [4.78, 5) is 15.0. The van der Waals surface area contributed by atoms with Crippen molar-refractivity contribution in [2.24, 2.45) is 5.73 Å². The van der Waals surface area contributed by atoms with E-state index in [4.69, 9.17) is 15.2 Å². The van der Waals surface area contributed by atoms with Crippen LogP contribution in [0.25, 0.3) is 0 Å². The number of nitrogens with one attached hydrogen (secondary N) is 1. The van der Waals surface area contributed by atoms with Gasteiger partial charge in [0.05, 0.1) is 6.42 Å². The fraction of sp³-hybridized carbons (Fsp3) is 0.650. The van der Waals surface area contributed by atoms with E-state index in [9.17, 15) is 4.79 Å². The van der Waals surface area contributed by atoms with Crippen molar-refractivity contribution in [3.05, 3.63) is 29.8 Å². The Kier molecular flexibility index (Phi) is 7.29. The summed E-state index contributed by atoms with van der Waals surface area (Å²) < 4.78 is 11.0. The van der Waals surface area contributed by atoms with Gasteiger partial charge >= 0.3 is 0 Å². The largest absolute Gasteiger partial charge is 0.492 e. The van der Waals surface area contributed by atoms with E-state index in [2.05, 4.69) is 10.2 Å². The molecule has 6 nitrogen and oxygen atoms in total. The van der Waals surface area contributed by atoms with E-state index >= 15 is 0 Å². The normalized spacial score (nSPS) is 20.0. The standard InChI is InChI=1S/C20H31N3O3/c21-8-13-26-19-3-1-2-16(14-19)15-20(24)22-17-4-9-23(10-5-17)18-6-11-25-12-7-18/h1-3,14,17-18H,4-13,15,21H2,(H,22,24). The number of hydrogen-bond donors (Lipinski definition) is 2. The molecule has 0 radical (unpaired) electrons. The zero-order valence-electron chi connectivity index (χ0n) is 15.5. The lowest BCUT2D eigenvalue weighted by atomic mass is 9.99. The molecule has 0 spiro atoms. The molecular weight excluding hydrogens is 330 g/mol.